The number of hydrogen-bond donors (Lipinski definition) is 1. The van der Waals surface area contributed by atoms with Crippen molar-refractivity contribution < 1.29 is 5.11 Å². The van der Waals surface area contributed by atoms with Crippen LogP contribution in [0.15, 0.2) is 12.3 Å². The van der Waals surface area contributed by atoms with E-state index in [1.807, 2.05) is 16.9 Å². The third kappa shape index (κ3) is 1.37. The molecule has 1 aliphatic carbocycles. The summed E-state index contributed by atoms with van der Waals surface area (Å²) in [5.74, 6) is 0.324. The van der Waals surface area contributed by atoms with E-state index < -0.39 is 0 Å². The molecule has 0 aromatic carbocycles. The average molecular weight is 180 g/mol. The van der Waals surface area contributed by atoms with Gasteiger partial charge in [-0.2, -0.15) is 5.10 Å². The number of hydrogen-bond acceptors (Lipinski definition) is 2. The molecule has 0 bridgehead atoms. The van der Waals surface area contributed by atoms with E-state index in [1.165, 1.54) is 5.69 Å². The van der Waals surface area contributed by atoms with E-state index in [2.05, 4.69) is 18.9 Å². The zero-order valence-corrected chi connectivity index (χ0v) is 8.14. The Balaban J connectivity index is 2.24. The van der Waals surface area contributed by atoms with E-state index in [4.69, 9.17) is 0 Å². The lowest BCUT2D eigenvalue weighted by molar-refractivity contribution is 0.0614. The largest absolute Gasteiger partial charge is 0.392 e. The van der Waals surface area contributed by atoms with Crippen molar-refractivity contribution in [2.24, 2.45) is 0 Å². The second kappa shape index (κ2) is 3.14. The molecular formula is C10H16N2O. The normalized spacial score (nSPS) is 27.7. The van der Waals surface area contributed by atoms with Crippen LogP contribution in [0, 0.1) is 0 Å². The van der Waals surface area contributed by atoms with E-state index in [-0.39, 0.29) is 6.10 Å². The number of aliphatic hydroxyl groups is 1. The van der Waals surface area contributed by atoms with Gasteiger partial charge in [-0.3, -0.25) is 4.68 Å². The second-order valence-electron chi connectivity index (χ2n) is 4.05. The second-order valence-corrected chi connectivity index (χ2v) is 4.05. The van der Waals surface area contributed by atoms with Crippen LogP contribution in [-0.2, 0) is 0 Å². The Morgan fingerprint density at radius 3 is 2.77 bits per heavy atom. The van der Waals surface area contributed by atoms with Gasteiger partial charge in [-0.1, -0.05) is 0 Å². The molecule has 1 saturated carbocycles. The maximum absolute atomic E-state index is 9.54. The highest BCUT2D eigenvalue weighted by molar-refractivity contribution is 5.14. The van der Waals surface area contributed by atoms with Crippen LogP contribution in [0.1, 0.15) is 44.3 Å². The molecule has 1 aromatic heterocycles. The minimum absolute atomic E-state index is 0.144. The summed E-state index contributed by atoms with van der Waals surface area (Å²) >= 11 is 0. The van der Waals surface area contributed by atoms with Gasteiger partial charge in [-0.05, 0) is 32.8 Å². The zero-order chi connectivity index (χ0) is 9.42. The van der Waals surface area contributed by atoms with Crippen LogP contribution in [0.3, 0.4) is 0 Å². The first-order valence-electron chi connectivity index (χ1n) is 4.91. The lowest BCUT2D eigenvalue weighted by Crippen LogP contribution is -2.31. The smallest absolute Gasteiger partial charge is 0.0624 e. The van der Waals surface area contributed by atoms with Gasteiger partial charge in [0.15, 0.2) is 0 Å². The van der Waals surface area contributed by atoms with Gasteiger partial charge in [0.1, 0.15) is 0 Å². The predicted molar refractivity (Wildman–Crippen MR) is 50.6 cm³/mol. The van der Waals surface area contributed by atoms with Crippen LogP contribution in [0.2, 0.25) is 0 Å². The Bertz CT molecular complexity index is 293. The third-order valence-electron chi connectivity index (χ3n) is 2.81. The van der Waals surface area contributed by atoms with Crippen LogP contribution in [0.5, 0.6) is 0 Å². The fraction of sp³-hybridized carbons (Fsp3) is 0.700. The summed E-state index contributed by atoms with van der Waals surface area (Å²) in [6.45, 7) is 4.23. The summed E-state index contributed by atoms with van der Waals surface area (Å²) in [7, 11) is 0. The molecule has 13 heavy (non-hydrogen) atoms. The first kappa shape index (κ1) is 8.75. The van der Waals surface area contributed by atoms with Gasteiger partial charge in [-0.25, -0.2) is 0 Å². The van der Waals surface area contributed by atoms with Crippen LogP contribution in [0.25, 0.3) is 0 Å². The van der Waals surface area contributed by atoms with Crippen molar-refractivity contribution in [2.75, 3.05) is 0 Å². The van der Waals surface area contributed by atoms with E-state index in [0.717, 1.165) is 12.8 Å². The van der Waals surface area contributed by atoms with Crippen LogP contribution in [0.4, 0.5) is 0 Å². The van der Waals surface area contributed by atoms with Gasteiger partial charge in [0.25, 0.3) is 0 Å². The summed E-state index contributed by atoms with van der Waals surface area (Å²) in [6.07, 6.45) is 3.71. The van der Waals surface area contributed by atoms with Crippen LogP contribution >= 0.6 is 0 Å². The van der Waals surface area contributed by atoms with Crippen molar-refractivity contribution in [3.05, 3.63) is 18.0 Å². The Labute approximate surface area is 78.4 Å². The quantitative estimate of drug-likeness (QED) is 0.752. The number of nitrogens with zero attached hydrogens (tertiary/aromatic N) is 2. The predicted octanol–water partition coefficient (Wildman–Crippen LogP) is 1.70. The van der Waals surface area contributed by atoms with Gasteiger partial charge in [0.05, 0.1) is 6.10 Å². The molecule has 2 rings (SSSR count). The van der Waals surface area contributed by atoms with Crippen molar-refractivity contribution in [1.29, 1.82) is 0 Å². The molecule has 0 radical (unpaired) electrons. The highest BCUT2D eigenvalue weighted by Crippen LogP contribution is 2.37. The van der Waals surface area contributed by atoms with E-state index in [1.54, 1.807) is 0 Å². The van der Waals surface area contributed by atoms with E-state index >= 15 is 0 Å². The molecule has 1 fully saturated rings. The maximum atomic E-state index is 9.54. The average Bonchev–Trinajstić information content (AvgIpc) is 2.50. The summed E-state index contributed by atoms with van der Waals surface area (Å²) in [5, 5.41) is 13.8. The summed E-state index contributed by atoms with van der Waals surface area (Å²) in [4.78, 5) is 0. The van der Waals surface area contributed by atoms with Crippen molar-refractivity contribution >= 4 is 0 Å². The monoisotopic (exact) mass is 180 g/mol. The summed E-state index contributed by atoms with van der Waals surface area (Å²) in [5.41, 5.74) is 1.19. The van der Waals surface area contributed by atoms with Crippen molar-refractivity contribution in [3.8, 4) is 0 Å². The fourth-order valence-corrected chi connectivity index (χ4v) is 1.88. The molecular weight excluding hydrogens is 164 g/mol. The molecule has 2 atom stereocenters. The van der Waals surface area contributed by atoms with Crippen molar-refractivity contribution in [1.82, 2.24) is 9.78 Å². The van der Waals surface area contributed by atoms with Gasteiger partial charge < -0.3 is 5.11 Å². The molecule has 72 valence electrons. The molecule has 1 N–H and O–H groups in total. The van der Waals surface area contributed by atoms with Crippen LogP contribution < -0.4 is 0 Å². The zero-order valence-electron chi connectivity index (χ0n) is 8.14. The summed E-state index contributed by atoms with van der Waals surface area (Å²) < 4.78 is 2.01. The Hall–Kier alpha value is -0.830. The molecule has 1 heterocycles. The Morgan fingerprint density at radius 2 is 2.31 bits per heavy atom. The number of rotatable bonds is 2. The molecule has 0 spiro atoms. The maximum Gasteiger partial charge on any atom is 0.0624 e. The van der Waals surface area contributed by atoms with E-state index in [0.29, 0.717) is 12.0 Å². The van der Waals surface area contributed by atoms with Gasteiger partial charge in [0, 0.05) is 23.9 Å². The molecule has 2 unspecified atom stereocenters. The Morgan fingerprint density at radius 1 is 1.54 bits per heavy atom. The fourth-order valence-electron chi connectivity index (χ4n) is 1.88. The first-order chi connectivity index (χ1) is 6.20. The molecule has 1 aromatic rings. The van der Waals surface area contributed by atoms with Crippen LogP contribution in [-0.4, -0.2) is 21.0 Å². The molecule has 1 aliphatic rings. The van der Waals surface area contributed by atoms with Gasteiger partial charge in [-0.15, -0.1) is 0 Å². The number of aliphatic hydroxyl groups excluding tert-OH is 1. The molecule has 0 saturated heterocycles. The molecule has 3 heteroatoms. The first-order valence-corrected chi connectivity index (χ1v) is 4.91. The molecule has 3 nitrogen and oxygen atoms in total. The highest BCUT2D eigenvalue weighted by Gasteiger charge is 2.32. The Kier molecular flexibility index (Phi) is 2.12. The van der Waals surface area contributed by atoms with E-state index in [9.17, 15) is 5.11 Å². The van der Waals surface area contributed by atoms with Gasteiger partial charge >= 0.3 is 0 Å². The van der Waals surface area contributed by atoms with Crippen molar-refractivity contribution in [3.63, 3.8) is 0 Å². The number of aromatic nitrogens is 2. The SMILES string of the molecule is CC(C)n1nccc1C1CCC1O. The molecule has 0 aliphatic heterocycles. The topological polar surface area (TPSA) is 38.0 Å². The molecule has 0 amide bonds. The minimum Gasteiger partial charge on any atom is -0.392 e. The standard InChI is InChI=1S/C10H16N2O/c1-7(2)12-9(5-6-11-12)8-3-4-10(8)13/h5-8,10,13H,3-4H2,1-2H3. The lowest BCUT2D eigenvalue weighted by atomic mass is 9.79. The van der Waals surface area contributed by atoms with Crippen molar-refractivity contribution in [2.45, 2.75) is 44.8 Å². The lowest BCUT2D eigenvalue weighted by Gasteiger charge is -2.33. The summed E-state index contributed by atoms with van der Waals surface area (Å²) in [6, 6.07) is 2.41. The third-order valence-corrected chi connectivity index (χ3v) is 2.81. The van der Waals surface area contributed by atoms with Gasteiger partial charge in [0.2, 0.25) is 0 Å². The highest BCUT2D eigenvalue weighted by atomic mass is 16.3. The minimum atomic E-state index is -0.144.